The number of para-hydroxylation sites is 1. The number of hydrogen-bond donors (Lipinski definition) is 0. The van der Waals surface area contributed by atoms with Gasteiger partial charge in [0.15, 0.2) is 5.78 Å². The van der Waals surface area contributed by atoms with E-state index in [-0.39, 0.29) is 5.78 Å². The molecule has 2 aromatic carbocycles. The van der Waals surface area contributed by atoms with E-state index in [1.54, 1.807) is 25.2 Å². The number of anilines is 1. The van der Waals surface area contributed by atoms with Crippen LogP contribution in [0, 0.1) is 6.92 Å². The van der Waals surface area contributed by atoms with Crippen LogP contribution in [-0.4, -0.2) is 18.9 Å². The van der Waals surface area contributed by atoms with Gasteiger partial charge in [-0.1, -0.05) is 18.2 Å². The lowest BCUT2D eigenvalue weighted by molar-refractivity contribution is 0.101. The molecule has 0 spiro atoms. The molecule has 0 saturated heterocycles. The van der Waals surface area contributed by atoms with Crippen LogP contribution in [0.3, 0.4) is 0 Å². The van der Waals surface area contributed by atoms with E-state index in [9.17, 15) is 9.59 Å². The molecule has 2 rings (SSSR count). The fourth-order valence-corrected chi connectivity index (χ4v) is 2.02. The van der Waals surface area contributed by atoms with E-state index in [1.807, 2.05) is 37.3 Å². The second kappa shape index (κ2) is 6.22. The van der Waals surface area contributed by atoms with Gasteiger partial charge in [-0.25, -0.2) is 4.79 Å². The van der Waals surface area contributed by atoms with Gasteiger partial charge in [-0.05, 0) is 49.7 Å². The predicted molar refractivity (Wildman–Crippen MR) is 82.1 cm³/mol. The summed E-state index contributed by atoms with van der Waals surface area (Å²) in [5, 5.41) is 0. The van der Waals surface area contributed by atoms with Gasteiger partial charge in [-0.15, -0.1) is 0 Å². The number of ether oxygens (including phenoxy) is 1. The van der Waals surface area contributed by atoms with Crippen molar-refractivity contribution in [3.8, 4) is 5.75 Å². The monoisotopic (exact) mass is 283 g/mol. The van der Waals surface area contributed by atoms with E-state index in [2.05, 4.69) is 0 Å². The molecule has 0 bridgehead atoms. The summed E-state index contributed by atoms with van der Waals surface area (Å²) in [6.45, 7) is 3.33. The average molecular weight is 283 g/mol. The molecule has 21 heavy (non-hydrogen) atoms. The Morgan fingerprint density at radius 2 is 1.71 bits per heavy atom. The van der Waals surface area contributed by atoms with Crippen LogP contribution in [0.5, 0.6) is 5.75 Å². The predicted octanol–water partition coefficient (Wildman–Crippen LogP) is 3.83. The van der Waals surface area contributed by atoms with E-state index in [0.717, 1.165) is 11.3 Å². The first-order valence-electron chi connectivity index (χ1n) is 6.61. The van der Waals surface area contributed by atoms with Gasteiger partial charge in [-0.3, -0.25) is 9.69 Å². The third-order valence-corrected chi connectivity index (χ3v) is 3.20. The zero-order chi connectivity index (χ0) is 15.4. The lowest BCUT2D eigenvalue weighted by Crippen LogP contribution is -2.29. The minimum absolute atomic E-state index is 0.00761. The molecule has 0 N–H and O–H groups in total. The number of ketones is 1. The third-order valence-electron chi connectivity index (χ3n) is 3.20. The zero-order valence-corrected chi connectivity index (χ0v) is 12.3. The van der Waals surface area contributed by atoms with Gasteiger partial charge in [0.05, 0.1) is 0 Å². The molecule has 4 nitrogen and oxygen atoms in total. The summed E-state index contributed by atoms with van der Waals surface area (Å²) >= 11 is 0. The van der Waals surface area contributed by atoms with Gasteiger partial charge in [0.1, 0.15) is 5.75 Å². The van der Waals surface area contributed by atoms with Crippen LogP contribution < -0.4 is 9.64 Å². The molecule has 4 heteroatoms. The molecule has 0 aliphatic heterocycles. The average Bonchev–Trinajstić information content (AvgIpc) is 2.47. The smallest absolute Gasteiger partial charge is 0.410 e. The molecule has 2 aromatic rings. The largest absolute Gasteiger partial charge is 0.419 e. The Morgan fingerprint density at radius 1 is 1.05 bits per heavy atom. The number of benzene rings is 2. The van der Waals surface area contributed by atoms with Crippen LogP contribution in [-0.2, 0) is 0 Å². The summed E-state index contributed by atoms with van der Waals surface area (Å²) in [5.41, 5.74) is 2.17. The topological polar surface area (TPSA) is 46.6 Å². The number of carbonyl (C=O) groups excluding carboxylic acids is 2. The zero-order valence-electron chi connectivity index (χ0n) is 12.3. The minimum Gasteiger partial charge on any atom is -0.410 e. The van der Waals surface area contributed by atoms with Crippen LogP contribution >= 0.6 is 0 Å². The lowest BCUT2D eigenvalue weighted by atomic mass is 10.1. The van der Waals surface area contributed by atoms with Crippen molar-refractivity contribution in [3.63, 3.8) is 0 Å². The quantitative estimate of drug-likeness (QED) is 0.804. The molecule has 108 valence electrons. The van der Waals surface area contributed by atoms with Crippen molar-refractivity contribution in [1.82, 2.24) is 0 Å². The number of aryl methyl sites for hydroxylation is 1. The van der Waals surface area contributed by atoms with Gasteiger partial charge in [0.25, 0.3) is 0 Å². The Kier molecular flexibility index (Phi) is 4.38. The van der Waals surface area contributed by atoms with E-state index >= 15 is 0 Å². The van der Waals surface area contributed by atoms with Crippen molar-refractivity contribution in [1.29, 1.82) is 0 Å². The highest BCUT2D eigenvalue weighted by atomic mass is 16.6. The number of amides is 1. The van der Waals surface area contributed by atoms with Crippen LogP contribution in [0.15, 0.2) is 48.5 Å². The van der Waals surface area contributed by atoms with Gasteiger partial charge >= 0.3 is 6.09 Å². The fourth-order valence-electron chi connectivity index (χ4n) is 2.02. The fraction of sp³-hybridized carbons (Fsp3) is 0.176. The van der Waals surface area contributed by atoms with Gasteiger partial charge in [0, 0.05) is 18.3 Å². The molecular formula is C17H17NO3. The van der Waals surface area contributed by atoms with Crippen LogP contribution in [0.4, 0.5) is 10.5 Å². The van der Waals surface area contributed by atoms with Gasteiger partial charge in [0.2, 0.25) is 0 Å². The van der Waals surface area contributed by atoms with Crippen molar-refractivity contribution in [3.05, 3.63) is 59.7 Å². The van der Waals surface area contributed by atoms with Crippen molar-refractivity contribution in [2.24, 2.45) is 0 Å². The van der Waals surface area contributed by atoms with Gasteiger partial charge in [-0.2, -0.15) is 0 Å². The number of carbonyl (C=O) groups is 2. The lowest BCUT2D eigenvalue weighted by Gasteiger charge is -2.17. The molecule has 0 aliphatic rings. The van der Waals surface area contributed by atoms with Crippen molar-refractivity contribution in [2.75, 3.05) is 11.9 Å². The Morgan fingerprint density at radius 3 is 2.29 bits per heavy atom. The molecule has 0 heterocycles. The standard InChI is InChI=1S/C17H17NO3/c1-12-11-15(9-10-16(12)13(2)19)21-17(20)18(3)14-7-5-4-6-8-14/h4-11H,1-3H3. The Labute approximate surface area is 124 Å². The SMILES string of the molecule is CC(=O)c1ccc(OC(=O)N(C)c2ccccc2)cc1C. The highest BCUT2D eigenvalue weighted by Crippen LogP contribution is 2.20. The molecule has 0 unspecified atom stereocenters. The van der Waals surface area contributed by atoms with Crippen LogP contribution in [0.1, 0.15) is 22.8 Å². The molecule has 0 saturated carbocycles. The molecule has 0 fully saturated rings. The van der Waals surface area contributed by atoms with E-state index in [0.29, 0.717) is 11.3 Å². The summed E-state index contributed by atoms with van der Waals surface area (Å²) in [7, 11) is 1.65. The summed E-state index contributed by atoms with van der Waals surface area (Å²) < 4.78 is 5.32. The maximum absolute atomic E-state index is 12.1. The van der Waals surface area contributed by atoms with Crippen molar-refractivity contribution in [2.45, 2.75) is 13.8 Å². The van der Waals surface area contributed by atoms with Crippen molar-refractivity contribution >= 4 is 17.6 Å². The number of Topliss-reactive ketones (excluding diaryl/α,β-unsaturated/α-hetero) is 1. The maximum Gasteiger partial charge on any atom is 0.419 e. The highest BCUT2D eigenvalue weighted by Gasteiger charge is 2.14. The summed E-state index contributed by atoms with van der Waals surface area (Å²) in [5.74, 6) is 0.414. The number of hydrogen-bond acceptors (Lipinski definition) is 3. The summed E-state index contributed by atoms with van der Waals surface area (Å²) in [6, 6.07) is 14.2. The maximum atomic E-state index is 12.1. The van der Waals surface area contributed by atoms with Crippen molar-refractivity contribution < 1.29 is 14.3 Å². The molecule has 0 aliphatic carbocycles. The first-order valence-corrected chi connectivity index (χ1v) is 6.61. The van der Waals surface area contributed by atoms with Crippen LogP contribution in [0.25, 0.3) is 0 Å². The normalized spacial score (nSPS) is 10.0. The first kappa shape index (κ1) is 14.8. The number of nitrogens with zero attached hydrogens (tertiary/aromatic N) is 1. The van der Waals surface area contributed by atoms with Crippen LogP contribution in [0.2, 0.25) is 0 Å². The first-order chi connectivity index (χ1) is 9.99. The second-order valence-corrected chi connectivity index (χ2v) is 4.80. The Bertz CT molecular complexity index is 665. The third kappa shape index (κ3) is 3.48. The summed E-state index contributed by atoms with van der Waals surface area (Å²) in [6.07, 6.45) is -0.476. The Balaban J connectivity index is 2.13. The number of rotatable bonds is 3. The molecule has 0 radical (unpaired) electrons. The van der Waals surface area contributed by atoms with E-state index < -0.39 is 6.09 Å². The van der Waals surface area contributed by atoms with E-state index in [4.69, 9.17) is 4.74 Å². The summed E-state index contributed by atoms with van der Waals surface area (Å²) in [4.78, 5) is 24.9. The second-order valence-electron chi connectivity index (χ2n) is 4.80. The molecular weight excluding hydrogens is 266 g/mol. The van der Waals surface area contributed by atoms with E-state index in [1.165, 1.54) is 11.8 Å². The minimum atomic E-state index is -0.476. The molecule has 0 atom stereocenters. The molecule has 0 aromatic heterocycles. The molecule has 1 amide bonds. The van der Waals surface area contributed by atoms with Gasteiger partial charge < -0.3 is 4.74 Å². The Hall–Kier alpha value is -2.62. The highest BCUT2D eigenvalue weighted by molar-refractivity contribution is 5.95.